The molecule has 6 nitrogen and oxygen atoms in total. The molecule has 1 aliphatic heterocycles. The van der Waals surface area contributed by atoms with Crippen LogP contribution in [-0.2, 0) is 15.0 Å². The largest absolute Gasteiger partial charge is 0.481 e. The van der Waals surface area contributed by atoms with Crippen LogP contribution in [-0.4, -0.2) is 40.9 Å². The number of carboxylic acid groups (broad SMARTS) is 1. The second-order valence-electron chi connectivity index (χ2n) is 7.88. The van der Waals surface area contributed by atoms with Crippen molar-refractivity contribution in [3.8, 4) is 0 Å². The van der Waals surface area contributed by atoms with E-state index in [-0.39, 0.29) is 17.7 Å². The smallest absolute Gasteiger partial charge is 0.306 e. The van der Waals surface area contributed by atoms with Crippen LogP contribution in [0.4, 0.5) is 5.69 Å². The molecule has 2 N–H and O–H groups in total. The van der Waals surface area contributed by atoms with Gasteiger partial charge in [0.1, 0.15) is 0 Å². The molecule has 1 aliphatic carbocycles. The van der Waals surface area contributed by atoms with Gasteiger partial charge in [0.05, 0.1) is 11.3 Å². The highest BCUT2D eigenvalue weighted by Gasteiger charge is 2.51. The number of carbonyl (C=O) groups is 3. The summed E-state index contributed by atoms with van der Waals surface area (Å²) in [4.78, 5) is 38.2. The van der Waals surface area contributed by atoms with Gasteiger partial charge in [0.15, 0.2) is 0 Å². The van der Waals surface area contributed by atoms with E-state index in [1.165, 1.54) is 0 Å². The Labute approximate surface area is 169 Å². The third-order valence-electron chi connectivity index (χ3n) is 6.03. The van der Waals surface area contributed by atoms with Gasteiger partial charge in [-0.15, -0.1) is 0 Å². The number of hydrogen-bond donors (Lipinski definition) is 2. The van der Waals surface area contributed by atoms with Gasteiger partial charge in [-0.2, -0.15) is 0 Å². The molecular weight excluding hydrogens is 368 g/mol. The molecule has 0 bridgehead atoms. The fraction of sp³-hybridized carbons (Fsp3) is 0.348. The van der Waals surface area contributed by atoms with Crippen LogP contribution in [0.5, 0.6) is 0 Å². The van der Waals surface area contributed by atoms with E-state index in [9.17, 15) is 14.4 Å². The molecule has 0 unspecified atom stereocenters. The van der Waals surface area contributed by atoms with Crippen molar-refractivity contribution >= 4 is 23.5 Å². The van der Waals surface area contributed by atoms with E-state index >= 15 is 0 Å². The van der Waals surface area contributed by atoms with E-state index in [4.69, 9.17) is 5.11 Å². The number of carbonyl (C=O) groups excluding carboxylic acids is 2. The summed E-state index contributed by atoms with van der Waals surface area (Å²) in [5.41, 5.74) is 1.80. The minimum Gasteiger partial charge on any atom is -0.481 e. The van der Waals surface area contributed by atoms with Crippen LogP contribution in [0.1, 0.15) is 41.6 Å². The van der Waals surface area contributed by atoms with Gasteiger partial charge in [-0.05, 0) is 55.5 Å². The van der Waals surface area contributed by atoms with Crippen molar-refractivity contribution < 1.29 is 19.5 Å². The molecule has 0 radical (unpaired) electrons. The predicted octanol–water partition coefficient (Wildman–Crippen LogP) is 3.29. The summed E-state index contributed by atoms with van der Waals surface area (Å²) in [6.45, 7) is 0.905. The SMILES string of the molecule is O=C(O)C1CCN(C(=O)c2ccc(NC(=O)C3(c4ccccc4)CC3)cc2)CC1. The van der Waals surface area contributed by atoms with Crippen molar-refractivity contribution in [2.75, 3.05) is 18.4 Å². The van der Waals surface area contributed by atoms with Crippen molar-refractivity contribution in [1.29, 1.82) is 0 Å². The van der Waals surface area contributed by atoms with Gasteiger partial charge in [0.2, 0.25) is 5.91 Å². The molecule has 1 saturated carbocycles. The van der Waals surface area contributed by atoms with Gasteiger partial charge in [-0.25, -0.2) is 0 Å². The number of nitrogens with one attached hydrogen (secondary N) is 1. The minimum atomic E-state index is -0.791. The number of amides is 2. The molecule has 0 atom stereocenters. The van der Waals surface area contributed by atoms with Crippen molar-refractivity contribution in [3.63, 3.8) is 0 Å². The fourth-order valence-electron chi connectivity index (χ4n) is 3.99. The average molecular weight is 392 g/mol. The standard InChI is InChI=1S/C23H24N2O4/c26-20(25-14-10-17(11-15-25)21(27)28)16-6-8-19(9-7-16)24-22(29)23(12-13-23)18-4-2-1-3-5-18/h1-9,17H,10-15H2,(H,24,29)(H,27,28). The molecule has 2 amide bonds. The fourth-order valence-corrected chi connectivity index (χ4v) is 3.99. The number of benzene rings is 2. The van der Waals surface area contributed by atoms with Crippen LogP contribution in [0.3, 0.4) is 0 Å². The summed E-state index contributed by atoms with van der Waals surface area (Å²) in [5.74, 6) is -1.27. The molecular formula is C23H24N2O4. The molecule has 1 saturated heterocycles. The zero-order chi connectivity index (χ0) is 20.4. The first kappa shape index (κ1) is 19.2. The minimum absolute atomic E-state index is 0.0153. The third kappa shape index (κ3) is 3.88. The highest BCUT2D eigenvalue weighted by molar-refractivity contribution is 6.02. The van der Waals surface area contributed by atoms with Gasteiger partial charge < -0.3 is 15.3 Å². The summed E-state index contributed by atoms with van der Waals surface area (Å²) < 4.78 is 0. The highest BCUT2D eigenvalue weighted by atomic mass is 16.4. The van der Waals surface area contributed by atoms with Crippen molar-refractivity contribution in [1.82, 2.24) is 4.90 Å². The number of hydrogen-bond acceptors (Lipinski definition) is 3. The lowest BCUT2D eigenvalue weighted by molar-refractivity contribution is -0.143. The molecule has 1 heterocycles. The number of aliphatic carboxylic acids is 1. The van der Waals surface area contributed by atoms with Crippen LogP contribution in [0.2, 0.25) is 0 Å². The summed E-state index contributed by atoms with van der Waals surface area (Å²) in [6, 6.07) is 16.7. The van der Waals surface area contributed by atoms with Crippen molar-refractivity contribution in [3.05, 3.63) is 65.7 Å². The Morgan fingerprint density at radius 1 is 0.931 bits per heavy atom. The van der Waals surface area contributed by atoms with Gasteiger partial charge in [0, 0.05) is 24.3 Å². The first-order valence-corrected chi connectivity index (χ1v) is 9.99. The van der Waals surface area contributed by atoms with Crippen molar-refractivity contribution in [2.45, 2.75) is 31.1 Å². The quantitative estimate of drug-likeness (QED) is 0.817. The monoisotopic (exact) mass is 392 g/mol. The van der Waals surface area contributed by atoms with Gasteiger partial charge >= 0.3 is 5.97 Å². The molecule has 2 aromatic carbocycles. The van der Waals surface area contributed by atoms with E-state index in [2.05, 4.69) is 5.32 Å². The van der Waals surface area contributed by atoms with Gasteiger partial charge in [0.25, 0.3) is 5.91 Å². The normalized spacial score (nSPS) is 18.1. The Morgan fingerprint density at radius 3 is 2.10 bits per heavy atom. The first-order valence-electron chi connectivity index (χ1n) is 9.99. The van der Waals surface area contributed by atoms with Crippen LogP contribution in [0.25, 0.3) is 0 Å². The molecule has 29 heavy (non-hydrogen) atoms. The first-order chi connectivity index (χ1) is 14.0. The van der Waals surface area contributed by atoms with Crippen LogP contribution in [0, 0.1) is 5.92 Å². The summed E-state index contributed by atoms with van der Waals surface area (Å²) in [7, 11) is 0. The lowest BCUT2D eigenvalue weighted by Gasteiger charge is -2.30. The summed E-state index contributed by atoms with van der Waals surface area (Å²) in [6.07, 6.45) is 2.64. The molecule has 0 aromatic heterocycles. The van der Waals surface area contributed by atoms with Gasteiger partial charge in [-0.1, -0.05) is 30.3 Å². The zero-order valence-electron chi connectivity index (χ0n) is 16.1. The number of anilines is 1. The second kappa shape index (κ2) is 7.70. The molecule has 150 valence electrons. The van der Waals surface area contributed by atoms with E-state index in [1.807, 2.05) is 30.3 Å². The average Bonchev–Trinajstić information content (AvgIpc) is 3.57. The maximum absolute atomic E-state index is 12.8. The van der Waals surface area contributed by atoms with E-state index in [0.29, 0.717) is 37.2 Å². The van der Waals surface area contributed by atoms with Crippen molar-refractivity contribution in [2.24, 2.45) is 5.92 Å². The highest BCUT2D eigenvalue weighted by Crippen LogP contribution is 2.48. The zero-order valence-corrected chi connectivity index (χ0v) is 16.1. The van der Waals surface area contributed by atoms with E-state index in [0.717, 1.165) is 18.4 Å². The number of carboxylic acids is 1. The lowest BCUT2D eigenvalue weighted by Crippen LogP contribution is -2.40. The molecule has 2 aromatic rings. The van der Waals surface area contributed by atoms with Crippen LogP contribution < -0.4 is 5.32 Å². The van der Waals surface area contributed by atoms with E-state index in [1.54, 1.807) is 29.2 Å². The Hall–Kier alpha value is -3.15. The van der Waals surface area contributed by atoms with Crippen LogP contribution in [0.15, 0.2) is 54.6 Å². The summed E-state index contributed by atoms with van der Waals surface area (Å²) >= 11 is 0. The Bertz CT molecular complexity index is 912. The maximum Gasteiger partial charge on any atom is 0.306 e. The third-order valence-corrected chi connectivity index (χ3v) is 6.03. The Kier molecular flexibility index (Phi) is 5.09. The molecule has 2 aliphatic rings. The predicted molar refractivity (Wildman–Crippen MR) is 109 cm³/mol. The Morgan fingerprint density at radius 2 is 1.55 bits per heavy atom. The number of rotatable bonds is 5. The molecule has 6 heteroatoms. The van der Waals surface area contributed by atoms with Crippen LogP contribution >= 0.6 is 0 Å². The molecule has 4 rings (SSSR count). The number of nitrogens with zero attached hydrogens (tertiary/aromatic N) is 1. The molecule has 2 fully saturated rings. The second-order valence-corrected chi connectivity index (χ2v) is 7.88. The lowest BCUT2D eigenvalue weighted by atomic mass is 9.95. The maximum atomic E-state index is 12.8. The number of likely N-dealkylation sites (tertiary alicyclic amines) is 1. The Balaban J connectivity index is 1.38. The topological polar surface area (TPSA) is 86.7 Å². The molecule has 0 spiro atoms. The van der Waals surface area contributed by atoms with E-state index < -0.39 is 11.4 Å². The summed E-state index contributed by atoms with van der Waals surface area (Å²) in [5, 5.41) is 12.1. The van der Waals surface area contributed by atoms with Gasteiger partial charge in [-0.3, -0.25) is 14.4 Å². The number of piperidine rings is 1.